The SMILES string of the molecule is CC(C)C[C@H](NC(=O)[C@@H]1CC(=O)N(c2ccc3c(c2)OCO3)C1)C(=O)NCc1ccco1. The molecule has 1 aromatic carbocycles. The third-order valence-electron chi connectivity index (χ3n) is 5.52. The summed E-state index contributed by atoms with van der Waals surface area (Å²) in [6, 6.07) is 8.09. The highest BCUT2D eigenvalue weighted by Gasteiger charge is 2.37. The molecule has 4 rings (SSSR count). The minimum Gasteiger partial charge on any atom is -0.467 e. The lowest BCUT2D eigenvalue weighted by Gasteiger charge is -2.22. The Bertz CT molecular complexity index is 988. The van der Waals surface area contributed by atoms with E-state index in [1.54, 1.807) is 35.2 Å². The summed E-state index contributed by atoms with van der Waals surface area (Å²) in [4.78, 5) is 39.8. The standard InChI is InChI=1S/C23H27N3O6/c1-14(2)8-18(23(29)24-11-17-4-3-7-30-17)25-22(28)15-9-21(27)26(12-15)16-5-6-19-20(10-16)32-13-31-19/h3-7,10,14-15,18H,8-9,11-13H2,1-2H3,(H,24,29)(H,25,28)/t15-,18+/m1/s1. The van der Waals surface area contributed by atoms with Gasteiger partial charge in [0.15, 0.2) is 11.5 Å². The van der Waals surface area contributed by atoms with E-state index in [1.165, 1.54) is 6.26 Å². The molecule has 2 N–H and O–H groups in total. The van der Waals surface area contributed by atoms with Gasteiger partial charge in [0.2, 0.25) is 24.5 Å². The smallest absolute Gasteiger partial charge is 0.242 e. The number of nitrogens with one attached hydrogen (secondary N) is 2. The lowest BCUT2D eigenvalue weighted by atomic mass is 10.0. The molecule has 1 saturated heterocycles. The molecule has 0 radical (unpaired) electrons. The Morgan fingerprint density at radius 2 is 2.00 bits per heavy atom. The number of carbonyl (C=O) groups excluding carboxylic acids is 3. The molecule has 3 amide bonds. The molecule has 2 atom stereocenters. The number of nitrogens with zero attached hydrogens (tertiary/aromatic N) is 1. The first-order valence-electron chi connectivity index (χ1n) is 10.7. The van der Waals surface area contributed by atoms with Gasteiger partial charge in [-0.05, 0) is 36.6 Å². The van der Waals surface area contributed by atoms with Crippen molar-refractivity contribution in [2.45, 2.75) is 39.3 Å². The van der Waals surface area contributed by atoms with Crippen LogP contribution in [0.1, 0.15) is 32.4 Å². The van der Waals surface area contributed by atoms with Crippen molar-refractivity contribution in [1.29, 1.82) is 0 Å². The van der Waals surface area contributed by atoms with Crippen molar-refractivity contribution in [3.63, 3.8) is 0 Å². The first-order valence-corrected chi connectivity index (χ1v) is 10.7. The van der Waals surface area contributed by atoms with E-state index in [-0.39, 0.29) is 49.9 Å². The molecule has 0 bridgehead atoms. The van der Waals surface area contributed by atoms with Gasteiger partial charge in [0, 0.05) is 24.7 Å². The van der Waals surface area contributed by atoms with Gasteiger partial charge in [0.25, 0.3) is 0 Å². The van der Waals surface area contributed by atoms with Crippen molar-refractivity contribution in [1.82, 2.24) is 10.6 Å². The fourth-order valence-corrected chi connectivity index (χ4v) is 3.89. The molecule has 0 unspecified atom stereocenters. The quantitative estimate of drug-likeness (QED) is 0.650. The van der Waals surface area contributed by atoms with Crippen molar-refractivity contribution in [2.75, 3.05) is 18.2 Å². The molecule has 1 aromatic heterocycles. The number of furan rings is 1. The summed E-state index contributed by atoms with van der Waals surface area (Å²) in [7, 11) is 0. The highest BCUT2D eigenvalue weighted by atomic mass is 16.7. The predicted octanol–water partition coefficient (Wildman–Crippen LogP) is 2.21. The van der Waals surface area contributed by atoms with Crippen LogP contribution in [-0.4, -0.2) is 37.1 Å². The number of hydrogen-bond donors (Lipinski definition) is 2. The van der Waals surface area contributed by atoms with Gasteiger partial charge in [-0.2, -0.15) is 0 Å². The zero-order chi connectivity index (χ0) is 22.7. The average Bonchev–Trinajstić information content (AvgIpc) is 3.51. The van der Waals surface area contributed by atoms with Crippen LogP contribution in [0.4, 0.5) is 5.69 Å². The molecule has 2 aliphatic heterocycles. The van der Waals surface area contributed by atoms with Crippen molar-refractivity contribution in [2.24, 2.45) is 11.8 Å². The van der Waals surface area contributed by atoms with E-state index >= 15 is 0 Å². The van der Waals surface area contributed by atoms with Gasteiger partial charge >= 0.3 is 0 Å². The maximum atomic E-state index is 13.0. The first-order chi connectivity index (χ1) is 15.4. The van der Waals surface area contributed by atoms with Crippen LogP contribution < -0.4 is 25.0 Å². The molecule has 32 heavy (non-hydrogen) atoms. The topological polar surface area (TPSA) is 110 Å². The fourth-order valence-electron chi connectivity index (χ4n) is 3.89. The average molecular weight is 441 g/mol. The number of benzene rings is 1. The monoisotopic (exact) mass is 441 g/mol. The molecule has 2 aliphatic rings. The van der Waals surface area contributed by atoms with Crippen LogP contribution in [0, 0.1) is 11.8 Å². The molecule has 0 aliphatic carbocycles. The summed E-state index contributed by atoms with van der Waals surface area (Å²) >= 11 is 0. The lowest BCUT2D eigenvalue weighted by Crippen LogP contribution is -2.49. The van der Waals surface area contributed by atoms with E-state index in [1.807, 2.05) is 13.8 Å². The van der Waals surface area contributed by atoms with E-state index in [2.05, 4.69) is 10.6 Å². The molecule has 2 aromatic rings. The third-order valence-corrected chi connectivity index (χ3v) is 5.52. The van der Waals surface area contributed by atoms with Gasteiger partial charge in [0.1, 0.15) is 11.8 Å². The van der Waals surface area contributed by atoms with Crippen molar-refractivity contribution in [3.05, 3.63) is 42.4 Å². The van der Waals surface area contributed by atoms with Crippen LogP contribution in [0.5, 0.6) is 11.5 Å². The highest BCUT2D eigenvalue weighted by molar-refractivity contribution is 6.01. The fraction of sp³-hybridized carbons (Fsp3) is 0.435. The number of carbonyl (C=O) groups is 3. The molecular weight excluding hydrogens is 414 g/mol. The van der Waals surface area contributed by atoms with Crippen molar-refractivity contribution >= 4 is 23.4 Å². The maximum absolute atomic E-state index is 13.0. The second kappa shape index (κ2) is 9.33. The Morgan fingerprint density at radius 3 is 2.75 bits per heavy atom. The molecule has 170 valence electrons. The van der Waals surface area contributed by atoms with Gasteiger partial charge in [0.05, 0.1) is 18.7 Å². The zero-order valence-electron chi connectivity index (χ0n) is 18.1. The van der Waals surface area contributed by atoms with Crippen LogP contribution in [-0.2, 0) is 20.9 Å². The summed E-state index contributed by atoms with van der Waals surface area (Å²) in [5, 5.41) is 5.65. The van der Waals surface area contributed by atoms with Crippen LogP contribution >= 0.6 is 0 Å². The Balaban J connectivity index is 1.38. The van der Waals surface area contributed by atoms with Gasteiger partial charge in [-0.1, -0.05) is 13.8 Å². The summed E-state index contributed by atoms with van der Waals surface area (Å²) in [6.45, 7) is 4.61. The number of fused-ring (bicyclic) bond motifs is 1. The van der Waals surface area contributed by atoms with Crippen molar-refractivity contribution < 1.29 is 28.3 Å². The zero-order valence-corrected chi connectivity index (χ0v) is 18.1. The van der Waals surface area contributed by atoms with E-state index < -0.39 is 12.0 Å². The highest BCUT2D eigenvalue weighted by Crippen LogP contribution is 2.37. The summed E-state index contributed by atoms with van der Waals surface area (Å²) in [5.74, 6) is 0.770. The van der Waals surface area contributed by atoms with Gasteiger partial charge < -0.3 is 29.4 Å². The minimum atomic E-state index is -0.688. The first kappa shape index (κ1) is 21.7. The lowest BCUT2D eigenvalue weighted by molar-refractivity contribution is -0.131. The summed E-state index contributed by atoms with van der Waals surface area (Å²) in [5.41, 5.74) is 0.657. The van der Waals surface area contributed by atoms with Crippen LogP contribution in [0.2, 0.25) is 0 Å². The second-order valence-corrected chi connectivity index (χ2v) is 8.43. The van der Waals surface area contributed by atoms with Crippen molar-refractivity contribution in [3.8, 4) is 11.5 Å². The molecule has 3 heterocycles. The Labute approximate surface area is 186 Å². The number of amides is 3. The van der Waals surface area contributed by atoms with E-state index in [0.717, 1.165) is 0 Å². The van der Waals surface area contributed by atoms with Crippen LogP contribution in [0.15, 0.2) is 41.0 Å². The number of anilines is 1. The van der Waals surface area contributed by atoms with Crippen LogP contribution in [0.3, 0.4) is 0 Å². The normalized spacial score (nSPS) is 18.2. The number of rotatable bonds is 8. The van der Waals surface area contributed by atoms with E-state index in [4.69, 9.17) is 13.9 Å². The van der Waals surface area contributed by atoms with Gasteiger partial charge in [-0.3, -0.25) is 14.4 Å². The number of hydrogen-bond acceptors (Lipinski definition) is 6. The minimum absolute atomic E-state index is 0.0860. The second-order valence-electron chi connectivity index (χ2n) is 8.43. The maximum Gasteiger partial charge on any atom is 0.242 e. The molecule has 1 fully saturated rings. The summed E-state index contributed by atoms with van der Waals surface area (Å²) < 4.78 is 15.9. The van der Waals surface area contributed by atoms with E-state index in [0.29, 0.717) is 29.4 Å². The van der Waals surface area contributed by atoms with Crippen LogP contribution in [0.25, 0.3) is 0 Å². The molecular formula is C23H27N3O6. The van der Waals surface area contributed by atoms with Gasteiger partial charge in [-0.25, -0.2) is 0 Å². The van der Waals surface area contributed by atoms with Gasteiger partial charge in [-0.15, -0.1) is 0 Å². The molecule has 0 saturated carbocycles. The van der Waals surface area contributed by atoms with E-state index in [9.17, 15) is 14.4 Å². The Hall–Kier alpha value is -3.49. The molecule has 9 nitrogen and oxygen atoms in total. The largest absolute Gasteiger partial charge is 0.467 e. The molecule has 0 spiro atoms. The Morgan fingerprint density at radius 1 is 1.19 bits per heavy atom. The Kier molecular flexibility index (Phi) is 6.34. The summed E-state index contributed by atoms with van der Waals surface area (Å²) in [6.07, 6.45) is 2.11. The molecule has 9 heteroatoms. The third kappa shape index (κ3) is 4.87. The predicted molar refractivity (Wildman–Crippen MR) is 115 cm³/mol. The number of ether oxygens (including phenoxy) is 2.